The summed E-state index contributed by atoms with van der Waals surface area (Å²) in [7, 11) is 0. The molecule has 0 spiro atoms. The standard InChI is InChI=1S/C18H24N6O/c1-13(2)23(8-14-6-4-3-5-7-14)9-15(25)10-24-12-22-16-17(19)20-11-21-18(16)24/h3-7,11-13,15,25H,8-10H2,1-2H3,(H2,19,20,21). The number of rotatable bonds is 7. The van der Waals surface area contributed by atoms with Gasteiger partial charge in [0.2, 0.25) is 0 Å². The highest BCUT2D eigenvalue weighted by Crippen LogP contribution is 2.15. The van der Waals surface area contributed by atoms with Crippen LogP contribution < -0.4 is 5.73 Å². The molecular formula is C18H24N6O. The molecule has 1 atom stereocenters. The van der Waals surface area contributed by atoms with Crippen molar-refractivity contribution < 1.29 is 5.11 Å². The number of fused-ring (bicyclic) bond motifs is 1. The highest BCUT2D eigenvalue weighted by Gasteiger charge is 2.17. The van der Waals surface area contributed by atoms with Crippen LogP contribution in [0.15, 0.2) is 43.0 Å². The van der Waals surface area contributed by atoms with Crippen molar-refractivity contribution in [1.82, 2.24) is 24.4 Å². The zero-order valence-corrected chi connectivity index (χ0v) is 14.6. The quantitative estimate of drug-likeness (QED) is 0.680. The average Bonchev–Trinajstić information content (AvgIpc) is 2.99. The third-order valence-corrected chi connectivity index (χ3v) is 4.24. The number of nitrogens with zero attached hydrogens (tertiary/aromatic N) is 5. The van der Waals surface area contributed by atoms with Crippen LogP contribution in [-0.2, 0) is 13.1 Å². The van der Waals surface area contributed by atoms with E-state index in [0.717, 1.165) is 6.54 Å². The van der Waals surface area contributed by atoms with Crippen LogP contribution in [0.25, 0.3) is 11.2 Å². The summed E-state index contributed by atoms with van der Waals surface area (Å²) in [5.74, 6) is 0.353. The number of aromatic nitrogens is 4. The number of nitrogen functional groups attached to an aromatic ring is 1. The largest absolute Gasteiger partial charge is 0.390 e. The Balaban J connectivity index is 1.69. The maximum absolute atomic E-state index is 10.6. The highest BCUT2D eigenvalue weighted by molar-refractivity contribution is 5.81. The predicted octanol–water partition coefficient (Wildman–Crippen LogP) is 1.68. The van der Waals surface area contributed by atoms with Crippen molar-refractivity contribution in [2.24, 2.45) is 0 Å². The summed E-state index contributed by atoms with van der Waals surface area (Å²) in [4.78, 5) is 14.7. The first-order valence-electron chi connectivity index (χ1n) is 8.42. The van der Waals surface area contributed by atoms with Gasteiger partial charge in [-0.3, -0.25) is 4.90 Å². The Kier molecular flexibility index (Phi) is 5.25. The minimum absolute atomic E-state index is 0.326. The van der Waals surface area contributed by atoms with Gasteiger partial charge in [-0.15, -0.1) is 0 Å². The summed E-state index contributed by atoms with van der Waals surface area (Å²) in [5.41, 5.74) is 8.26. The topological polar surface area (TPSA) is 93.1 Å². The number of aliphatic hydroxyl groups is 1. The van der Waals surface area contributed by atoms with E-state index in [2.05, 4.69) is 45.8 Å². The van der Waals surface area contributed by atoms with Gasteiger partial charge in [-0.1, -0.05) is 30.3 Å². The van der Waals surface area contributed by atoms with E-state index in [1.165, 1.54) is 11.9 Å². The van der Waals surface area contributed by atoms with Gasteiger partial charge >= 0.3 is 0 Å². The molecule has 2 aromatic heterocycles. The third-order valence-electron chi connectivity index (χ3n) is 4.24. The fourth-order valence-corrected chi connectivity index (χ4v) is 2.86. The zero-order valence-electron chi connectivity index (χ0n) is 14.6. The van der Waals surface area contributed by atoms with Crippen molar-refractivity contribution >= 4 is 17.0 Å². The summed E-state index contributed by atoms with van der Waals surface area (Å²) in [5, 5.41) is 10.6. The third kappa shape index (κ3) is 4.12. The van der Waals surface area contributed by atoms with Crippen LogP contribution in [0.3, 0.4) is 0 Å². The number of anilines is 1. The summed E-state index contributed by atoms with van der Waals surface area (Å²) in [6.07, 6.45) is 2.52. The van der Waals surface area contributed by atoms with E-state index in [9.17, 15) is 5.11 Å². The Morgan fingerprint density at radius 3 is 2.64 bits per heavy atom. The van der Waals surface area contributed by atoms with E-state index in [1.807, 2.05) is 22.8 Å². The molecule has 1 aromatic carbocycles. The molecule has 1 unspecified atom stereocenters. The van der Waals surface area contributed by atoms with Crippen LogP contribution >= 0.6 is 0 Å². The molecule has 3 N–H and O–H groups in total. The predicted molar refractivity (Wildman–Crippen MR) is 97.7 cm³/mol. The maximum Gasteiger partial charge on any atom is 0.165 e. The summed E-state index contributed by atoms with van der Waals surface area (Å²) in [6, 6.07) is 10.6. The van der Waals surface area contributed by atoms with E-state index in [4.69, 9.17) is 5.73 Å². The summed E-state index contributed by atoms with van der Waals surface area (Å²) < 4.78 is 1.82. The number of nitrogens with two attached hydrogens (primary N) is 1. The minimum atomic E-state index is -0.542. The van der Waals surface area contributed by atoms with E-state index in [1.54, 1.807) is 6.33 Å². The van der Waals surface area contributed by atoms with Crippen molar-refractivity contribution in [2.75, 3.05) is 12.3 Å². The van der Waals surface area contributed by atoms with Crippen LogP contribution in [0.2, 0.25) is 0 Å². The second-order valence-electron chi connectivity index (χ2n) is 6.49. The monoisotopic (exact) mass is 340 g/mol. The van der Waals surface area contributed by atoms with Gasteiger partial charge in [-0.05, 0) is 19.4 Å². The molecule has 0 bridgehead atoms. The van der Waals surface area contributed by atoms with Crippen LogP contribution in [0.4, 0.5) is 5.82 Å². The van der Waals surface area contributed by atoms with Gasteiger partial charge in [-0.2, -0.15) is 0 Å². The number of imidazole rings is 1. The number of aliphatic hydroxyl groups excluding tert-OH is 1. The van der Waals surface area contributed by atoms with E-state index in [-0.39, 0.29) is 0 Å². The SMILES string of the molecule is CC(C)N(Cc1ccccc1)CC(O)Cn1cnc2c(N)ncnc21. The van der Waals surface area contributed by atoms with Gasteiger partial charge in [0.15, 0.2) is 11.5 Å². The van der Waals surface area contributed by atoms with Gasteiger partial charge in [0.25, 0.3) is 0 Å². The molecule has 0 saturated heterocycles. The van der Waals surface area contributed by atoms with Crippen LogP contribution in [0, 0.1) is 0 Å². The lowest BCUT2D eigenvalue weighted by molar-refractivity contribution is 0.0794. The molecule has 0 aliphatic rings. The van der Waals surface area contributed by atoms with Crippen LogP contribution in [0.5, 0.6) is 0 Å². The number of hydrogen-bond acceptors (Lipinski definition) is 6. The van der Waals surface area contributed by atoms with Crippen LogP contribution in [0.1, 0.15) is 19.4 Å². The van der Waals surface area contributed by atoms with E-state index < -0.39 is 6.10 Å². The summed E-state index contributed by atoms with van der Waals surface area (Å²) in [6.45, 7) is 6.04. The van der Waals surface area contributed by atoms with Crippen molar-refractivity contribution in [3.8, 4) is 0 Å². The molecule has 3 rings (SSSR count). The molecule has 0 aliphatic heterocycles. The molecule has 3 aromatic rings. The van der Waals surface area contributed by atoms with Gasteiger partial charge in [0.05, 0.1) is 19.0 Å². The molecule has 0 saturated carbocycles. The molecule has 0 aliphatic carbocycles. The minimum Gasteiger partial charge on any atom is -0.390 e. The van der Waals surface area contributed by atoms with Crippen molar-refractivity contribution in [2.45, 2.75) is 39.1 Å². The van der Waals surface area contributed by atoms with Crippen molar-refractivity contribution in [3.63, 3.8) is 0 Å². The normalized spacial score (nSPS) is 13.0. The average molecular weight is 340 g/mol. The Morgan fingerprint density at radius 1 is 1.16 bits per heavy atom. The molecule has 7 heteroatoms. The van der Waals surface area contributed by atoms with Gasteiger partial charge in [-0.25, -0.2) is 15.0 Å². The molecule has 0 radical (unpaired) electrons. The fraction of sp³-hybridized carbons (Fsp3) is 0.389. The Hall–Kier alpha value is -2.51. The maximum atomic E-state index is 10.6. The first kappa shape index (κ1) is 17.3. The first-order valence-corrected chi connectivity index (χ1v) is 8.42. The zero-order chi connectivity index (χ0) is 17.8. The van der Waals surface area contributed by atoms with Gasteiger partial charge in [0.1, 0.15) is 11.8 Å². The van der Waals surface area contributed by atoms with Gasteiger partial charge in [0, 0.05) is 19.1 Å². The molecule has 2 heterocycles. The lowest BCUT2D eigenvalue weighted by Gasteiger charge is -2.29. The summed E-state index contributed by atoms with van der Waals surface area (Å²) >= 11 is 0. The first-order chi connectivity index (χ1) is 12.0. The lowest BCUT2D eigenvalue weighted by Crippen LogP contribution is -2.38. The molecule has 25 heavy (non-hydrogen) atoms. The second-order valence-corrected chi connectivity index (χ2v) is 6.49. The number of benzene rings is 1. The Labute approximate surface area is 147 Å². The molecular weight excluding hydrogens is 316 g/mol. The smallest absolute Gasteiger partial charge is 0.165 e. The Morgan fingerprint density at radius 2 is 1.92 bits per heavy atom. The van der Waals surface area contributed by atoms with Crippen LogP contribution in [-0.4, -0.2) is 48.2 Å². The number of hydrogen-bond donors (Lipinski definition) is 2. The lowest BCUT2D eigenvalue weighted by atomic mass is 10.1. The highest BCUT2D eigenvalue weighted by atomic mass is 16.3. The molecule has 7 nitrogen and oxygen atoms in total. The van der Waals surface area contributed by atoms with Crippen molar-refractivity contribution in [3.05, 3.63) is 48.5 Å². The van der Waals surface area contributed by atoms with Gasteiger partial charge < -0.3 is 15.4 Å². The molecule has 0 fully saturated rings. The molecule has 0 amide bonds. The second kappa shape index (κ2) is 7.58. The fourth-order valence-electron chi connectivity index (χ4n) is 2.86. The van der Waals surface area contributed by atoms with Crippen molar-refractivity contribution in [1.29, 1.82) is 0 Å². The molecule has 132 valence electrons. The Bertz CT molecular complexity index is 817. The van der Waals surface area contributed by atoms with E-state index in [0.29, 0.717) is 36.1 Å². The van der Waals surface area contributed by atoms with E-state index >= 15 is 0 Å².